The van der Waals surface area contributed by atoms with Gasteiger partial charge in [0.15, 0.2) is 0 Å². The Bertz CT molecular complexity index is 1080. The molecule has 0 N–H and O–H groups in total. The molecule has 1 aromatic carbocycles. The molecule has 0 radical (unpaired) electrons. The molecule has 6 nitrogen and oxygen atoms in total. The van der Waals surface area contributed by atoms with Crippen LogP contribution < -0.4 is 11.2 Å². The van der Waals surface area contributed by atoms with Crippen LogP contribution in [0.3, 0.4) is 0 Å². The molecule has 0 unspecified atom stereocenters. The van der Waals surface area contributed by atoms with Crippen molar-refractivity contribution in [3.8, 4) is 5.69 Å². The van der Waals surface area contributed by atoms with E-state index in [9.17, 15) is 4.79 Å². The lowest BCUT2D eigenvalue weighted by Crippen LogP contribution is -2.41. The number of pyridine rings is 1. The van der Waals surface area contributed by atoms with E-state index in [4.69, 9.17) is 9.31 Å². The summed E-state index contributed by atoms with van der Waals surface area (Å²) in [4.78, 5) is 16.9. The Labute approximate surface area is 158 Å². The number of hydrogen-bond acceptors (Lipinski definition) is 5. The first-order valence-electron chi connectivity index (χ1n) is 8.99. The first-order valence-corrected chi connectivity index (χ1v) is 8.99. The molecule has 0 amide bonds. The molecule has 4 rings (SSSR count). The summed E-state index contributed by atoms with van der Waals surface area (Å²) in [5, 5.41) is 5.53. The highest BCUT2D eigenvalue weighted by atomic mass is 16.7. The Morgan fingerprint density at radius 1 is 1.00 bits per heavy atom. The van der Waals surface area contributed by atoms with Crippen LogP contribution in [0.2, 0.25) is 0 Å². The predicted molar refractivity (Wildman–Crippen MR) is 106 cm³/mol. The third-order valence-corrected chi connectivity index (χ3v) is 5.36. The molecule has 0 spiro atoms. The van der Waals surface area contributed by atoms with E-state index in [2.05, 4.69) is 16.1 Å². The lowest BCUT2D eigenvalue weighted by molar-refractivity contribution is 0.00578. The van der Waals surface area contributed by atoms with Gasteiger partial charge in [-0.25, -0.2) is 0 Å². The largest absolute Gasteiger partial charge is 0.516 e. The van der Waals surface area contributed by atoms with Gasteiger partial charge in [-0.15, -0.1) is 0 Å². The fraction of sp³-hybridized carbons (Fsp3) is 0.350. The normalized spacial score (nSPS) is 18.2. The summed E-state index contributed by atoms with van der Waals surface area (Å²) in [5.74, 6) is 0. The Morgan fingerprint density at radius 2 is 1.70 bits per heavy atom. The van der Waals surface area contributed by atoms with Crippen LogP contribution in [0.4, 0.5) is 0 Å². The van der Waals surface area contributed by atoms with Crippen LogP contribution in [0.1, 0.15) is 33.3 Å². The van der Waals surface area contributed by atoms with Crippen LogP contribution >= 0.6 is 0 Å². The zero-order valence-corrected chi connectivity index (χ0v) is 16.2. The Balaban J connectivity index is 1.76. The summed E-state index contributed by atoms with van der Waals surface area (Å²) in [6.07, 6.45) is 1.81. The molecule has 0 aliphatic carbocycles. The summed E-state index contributed by atoms with van der Waals surface area (Å²) in [6, 6.07) is 10.9. The van der Waals surface area contributed by atoms with Gasteiger partial charge in [0.25, 0.3) is 5.56 Å². The topological polar surface area (TPSA) is 66.2 Å². The first-order chi connectivity index (χ1) is 12.7. The highest BCUT2D eigenvalue weighted by Gasteiger charge is 2.52. The van der Waals surface area contributed by atoms with Crippen LogP contribution in [0.25, 0.3) is 16.6 Å². The molecule has 0 saturated carbocycles. The highest BCUT2D eigenvalue weighted by molar-refractivity contribution is 6.61. The summed E-state index contributed by atoms with van der Waals surface area (Å²) < 4.78 is 13.5. The monoisotopic (exact) mass is 363 g/mol. The maximum Gasteiger partial charge on any atom is 0.516 e. The maximum atomic E-state index is 12.4. The van der Waals surface area contributed by atoms with Gasteiger partial charge in [0.1, 0.15) is 0 Å². The molecule has 1 saturated heterocycles. The molecule has 3 heterocycles. The third-order valence-electron chi connectivity index (χ3n) is 5.36. The van der Waals surface area contributed by atoms with Gasteiger partial charge in [-0.3, -0.25) is 9.78 Å². The van der Waals surface area contributed by atoms with Gasteiger partial charge in [0, 0.05) is 17.6 Å². The third kappa shape index (κ3) is 3.07. The molecule has 0 atom stereocenters. The van der Waals surface area contributed by atoms with Crippen molar-refractivity contribution in [1.82, 2.24) is 14.8 Å². The van der Waals surface area contributed by atoms with Gasteiger partial charge >= 0.3 is 7.12 Å². The summed E-state index contributed by atoms with van der Waals surface area (Å²) >= 11 is 0. The van der Waals surface area contributed by atoms with Crippen molar-refractivity contribution >= 4 is 23.6 Å². The van der Waals surface area contributed by atoms with Crippen LogP contribution in [0, 0.1) is 6.92 Å². The molecule has 1 fully saturated rings. The Hall–Kier alpha value is -2.51. The van der Waals surface area contributed by atoms with Crippen molar-refractivity contribution in [3.63, 3.8) is 0 Å². The maximum absolute atomic E-state index is 12.4. The molecule has 0 bridgehead atoms. The standard InChI is InChI=1S/C20H22BN3O3/c1-13-10-14-6-7-15(11-16(14)22-12-13)24-18(25)9-8-17(23-24)21-26-19(2,3)20(4,5)27-21/h6-12H,1-5H3. The van der Waals surface area contributed by atoms with E-state index < -0.39 is 18.3 Å². The number of benzene rings is 1. The van der Waals surface area contributed by atoms with Gasteiger partial charge in [0.2, 0.25) is 0 Å². The summed E-state index contributed by atoms with van der Waals surface area (Å²) in [5.41, 5.74) is 1.96. The zero-order chi connectivity index (χ0) is 19.4. The van der Waals surface area contributed by atoms with E-state index in [-0.39, 0.29) is 5.56 Å². The molecule has 3 aromatic rings. The van der Waals surface area contributed by atoms with Crippen LogP contribution in [-0.2, 0) is 9.31 Å². The second-order valence-electron chi connectivity index (χ2n) is 7.99. The zero-order valence-electron chi connectivity index (χ0n) is 16.2. The smallest absolute Gasteiger partial charge is 0.398 e. The number of nitrogens with zero attached hydrogens (tertiary/aromatic N) is 3. The van der Waals surface area contributed by atoms with Crippen molar-refractivity contribution in [2.24, 2.45) is 0 Å². The summed E-state index contributed by atoms with van der Waals surface area (Å²) in [7, 11) is -0.622. The van der Waals surface area contributed by atoms with E-state index in [0.717, 1.165) is 16.5 Å². The predicted octanol–water partition coefficient (Wildman–Crippen LogP) is 2.39. The molecule has 138 valence electrons. The first kappa shape index (κ1) is 17.9. The minimum atomic E-state index is -0.622. The van der Waals surface area contributed by atoms with E-state index in [1.54, 1.807) is 6.07 Å². The number of aromatic nitrogens is 3. The van der Waals surface area contributed by atoms with Crippen LogP contribution in [0.5, 0.6) is 0 Å². The van der Waals surface area contributed by atoms with Crippen LogP contribution in [-0.4, -0.2) is 33.1 Å². The van der Waals surface area contributed by atoms with Gasteiger partial charge in [0.05, 0.1) is 28.0 Å². The van der Waals surface area contributed by atoms with Gasteiger partial charge < -0.3 is 9.31 Å². The van der Waals surface area contributed by atoms with Crippen molar-refractivity contribution in [3.05, 3.63) is 58.5 Å². The second kappa shape index (κ2) is 6.01. The number of rotatable bonds is 2. The van der Waals surface area contributed by atoms with E-state index in [1.807, 2.05) is 59.0 Å². The average Bonchev–Trinajstić information content (AvgIpc) is 2.82. The van der Waals surface area contributed by atoms with Gasteiger partial charge in [-0.2, -0.15) is 9.78 Å². The van der Waals surface area contributed by atoms with Crippen molar-refractivity contribution in [2.75, 3.05) is 0 Å². The number of aryl methyl sites for hydroxylation is 1. The molecular weight excluding hydrogens is 341 g/mol. The van der Waals surface area contributed by atoms with Crippen molar-refractivity contribution in [1.29, 1.82) is 0 Å². The van der Waals surface area contributed by atoms with E-state index >= 15 is 0 Å². The minimum absolute atomic E-state index is 0.221. The lowest BCUT2D eigenvalue weighted by Gasteiger charge is -2.32. The quantitative estimate of drug-likeness (QED) is 0.654. The number of hydrogen-bond donors (Lipinski definition) is 0. The SMILES string of the molecule is Cc1cnc2cc(-n3nc(B4OC(C)(C)C(C)(C)O4)ccc3=O)ccc2c1. The average molecular weight is 363 g/mol. The van der Waals surface area contributed by atoms with E-state index in [0.29, 0.717) is 11.3 Å². The van der Waals surface area contributed by atoms with Gasteiger partial charge in [-0.1, -0.05) is 6.07 Å². The highest BCUT2D eigenvalue weighted by Crippen LogP contribution is 2.36. The Morgan fingerprint density at radius 3 is 2.41 bits per heavy atom. The Kier molecular flexibility index (Phi) is 3.98. The lowest BCUT2D eigenvalue weighted by atomic mass is 9.85. The fourth-order valence-corrected chi connectivity index (χ4v) is 3.05. The molecule has 7 heteroatoms. The van der Waals surface area contributed by atoms with Gasteiger partial charge in [-0.05, 0) is 64.4 Å². The second-order valence-corrected chi connectivity index (χ2v) is 7.99. The molecular formula is C20H22BN3O3. The molecule has 1 aliphatic rings. The van der Waals surface area contributed by atoms with Crippen LogP contribution in [0.15, 0.2) is 47.4 Å². The number of fused-ring (bicyclic) bond motifs is 1. The molecule has 1 aliphatic heterocycles. The van der Waals surface area contributed by atoms with Crippen molar-refractivity contribution < 1.29 is 9.31 Å². The molecule has 27 heavy (non-hydrogen) atoms. The van der Waals surface area contributed by atoms with E-state index in [1.165, 1.54) is 10.7 Å². The minimum Gasteiger partial charge on any atom is -0.398 e. The molecule has 2 aromatic heterocycles. The summed E-state index contributed by atoms with van der Waals surface area (Å²) in [6.45, 7) is 9.94. The van der Waals surface area contributed by atoms with Crippen molar-refractivity contribution in [2.45, 2.75) is 45.8 Å². The fourth-order valence-electron chi connectivity index (χ4n) is 3.05.